The molecule has 0 radical (unpaired) electrons. The van der Waals surface area contributed by atoms with E-state index in [4.69, 9.17) is 0 Å². The second kappa shape index (κ2) is 7.54. The maximum absolute atomic E-state index is 12.9. The maximum Gasteiger partial charge on any atom is 0.266 e. The van der Waals surface area contributed by atoms with Gasteiger partial charge in [-0.05, 0) is 79.5 Å². The van der Waals surface area contributed by atoms with Crippen molar-refractivity contribution < 1.29 is 13.2 Å². The van der Waals surface area contributed by atoms with E-state index in [0.29, 0.717) is 5.56 Å². The van der Waals surface area contributed by atoms with Crippen molar-refractivity contribution in [3.05, 3.63) is 52.8 Å². The fourth-order valence-electron chi connectivity index (χ4n) is 4.97. The number of nitrogens with one attached hydrogen (secondary N) is 2. The Bertz CT molecular complexity index is 1050. The van der Waals surface area contributed by atoms with Gasteiger partial charge < -0.3 is 9.88 Å². The van der Waals surface area contributed by atoms with Gasteiger partial charge in [0.15, 0.2) is 0 Å². The van der Waals surface area contributed by atoms with Gasteiger partial charge >= 0.3 is 0 Å². The van der Waals surface area contributed by atoms with Crippen LogP contribution in [0.15, 0.2) is 35.2 Å². The molecule has 1 aromatic carbocycles. The smallest absolute Gasteiger partial charge is 0.266 e. The summed E-state index contributed by atoms with van der Waals surface area (Å²) >= 11 is 0. The highest BCUT2D eigenvalue weighted by Crippen LogP contribution is 2.38. The van der Waals surface area contributed by atoms with E-state index < -0.39 is 15.9 Å². The zero-order chi connectivity index (χ0) is 22.5. The van der Waals surface area contributed by atoms with Gasteiger partial charge in [-0.25, -0.2) is 13.1 Å². The first-order chi connectivity index (χ1) is 13.7. The number of rotatable bonds is 4. The lowest BCUT2D eigenvalue weighted by atomic mass is 9.79. The summed E-state index contributed by atoms with van der Waals surface area (Å²) in [6.45, 7) is 14.5. The number of hydrogen-bond acceptors (Lipinski definition) is 4. The summed E-state index contributed by atoms with van der Waals surface area (Å²) in [5.41, 5.74) is 3.04. The zero-order valence-electron chi connectivity index (χ0n) is 19.0. The Kier molecular flexibility index (Phi) is 5.67. The predicted molar refractivity (Wildman–Crippen MR) is 119 cm³/mol. The largest absolute Gasteiger partial charge is 0.345 e. The van der Waals surface area contributed by atoms with Gasteiger partial charge in [0.1, 0.15) is 0 Å². The van der Waals surface area contributed by atoms with Crippen molar-refractivity contribution in [1.29, 1.82) is 0 Å². The molecule has 7 heteroatoms. The first-order valence-corrected chi connectivity index (χ1v) is 11.8. The molecule has 1 saturated heterocycles. The average molecular weight is 432 g/mol. The summed E-state index contributed by atoms with van der Waals surface area (Å²) in [4.78, 5) is 13.0. The summed E-state index contributed by atoms with van der Waals surface area (Å²) in [6, 6.07) is 8.46. The number of aryl methyl sites for hydroxylation is 2. The molecule has 0 saturated carbocycles. The number of benzene rings is 1. The van der Waals surface area contributed by atoms with Gasteiger partial charge in [0.25, 0.3) is 15.9 Å². The molecule has 1 aliphatic heterocycles. The van der Waals surface area contributed by atoms with E-state index in [1.54, 1.807) is 18.2 Å². The van der Waals surface area contributed by atoms with Crippen molar-refractivity contribution in [3.63, 3.8) is 0 Å². The lowest BCUT2D eigenvalue weighted by Crippen LogP contribution is -2.58. The molecule has 2 aromatic rings. The van der Waals surface area contributed by atoms with E-state index in [0.717, 1.165) is 29.8 Å². The number of sulfonamides is 1. The fourth-order valence-corrected chi connectivity index (χ4v) is 5.94. The molecule has 1 amide bonds. The van der Waals surface area contributed by atoms with Crippen molar-refractivity contribution in [2.24, 2.45) is 0 Å². The second-order valence-corrected chi connectivity index (χ2v) is 11.5. The molecule has 164 valence electrons. The minimum Gasteiger partial charge on any atom is -0.345 e. The normalized spacial score (nSPS) is 18.9. The molecule has 0 atom stereocenters. The van der Waals surface area contributed by atoms with Crippen LogP contribution in [-0.4, -0.2) is 30.0 Å². The fraction of sp³-hybridized carbons (Fsp3) is 0.522. The predicted octanol–water partition coefficient (Wildman–Crippen LogP) is 4.01. The molecule has 3 rings (SSSR count). The molecule has 0 spiro atoms. The number of hydrogen-bond donors (Lipinski definition) is 2. The number of carbonyl (C=O) groups excluding carboxylic acids is 1. The zero-order valence-corrected chi connectivity index (χ0v) is 19.8. The number of amides is 1. The van der Waals surface area contributed by atoms with Gasteiger partial charge in [-0.3, -0.25) is 4.79 Å². The minimum atomic E-state index is -3.93. The van der Waals surface area contributed by atoms with Crippen LogP contribution in [0.4, 0.5) is 0 Å². The Morgan fingerprint density at radius 3 is 2.10 bits per heavy atom. The van der Waals surface area contributed by atoms with E-state index in [1.165, 1.54) is 12.1 Å². The van der Waals surface area contributed by atoms with Crippen LogP contribution in [0.1, 0.15) is 73.9 Å². The molecule has 0 aliphatic carbocycles. The third-order valence-electron chi connectivity index (χ3n) is 5.82. The van der Waals surface area contributed by atoms with Crippen molar-refractivity contribution in [2.75, 3.05) is 0 Å². The summed E-state index contributed by atoms with van der Waals surface area (Å²) in [5.74, 6) is -0.595. The lowest BCUT2D eigenvalue weighted by Gasteiger charge is -2.47. The second-order valence-electron chi connectivity index (χ2n) is 9.86. The number of piperidine rings is 1. The van der Waals surface area contributed by atoms with E-state index in [-0.39, 0.29) is 22.0 Å². The Morgan fingerprint density at radius 1 is 1.03 bits per heavy atom. The Labute approximate surface area is 180 Å². The quantitative estimate of drug-likeness (QED) is 0.766. The monoisotopic (exact) mass is 431 g/mol. The molecular formula is C23H33N3O3S. The molecular weight excluding hydrogens is 398 g/mol. The summed E-state index contributed by atoms with van der Waals surface area (Å²) in [5, 5.41) is 3.68. The van der Waals surface area contributed by atoms with Gasteiger partial charge in [0, 0.05) is 28.5 Å². The highest BCUT2D eigenvalue weighted by molar-refractivity contribution is 7.90. The van der Waals surface area contributed by atoms with Crippen LogP contribution >= 0.6 is 0 Å². The lowest BCUT2D eigenvalue weighted by molar-refractivity contribution is 0.0980. The van der Waals surface area contributed by atoms with E-state index in [9.17, 15) is 13.2 Å². The average Bonchev–Trinajstić information content (AvgIpc) is 2.86. The van der Waals surface area contributed by atoms with Crippen LogP contribution in [0, 0.1) is 20.8 Å². The van der Waals surface area contributed by atoms with Crippen LogP contribution in [0.3, 0.4) is 0 Å². The third kappa shape index (κ3) is 4.62. The first-order valence-electron chi connectivity index (χ1n) is 10.3. The molecule has 0 unspecified atom stereocenters. The van der Waals surface area contributed by atoms with E-state index in [2.05, 4.69) is 42.3 Å². The van der Waals surface area contributed by atoms with Crippen LogP contribution in [-0.2, 0) is 10.0 Å². The van der Waals surface area contributed by atoms with Crippen molar-refractivity contribution in [2.45, 2.75) is 83.3 Å². The SMILES string of the molecule is Cc1ccc(S(=O)(=O)NC(=O)c2cc(C)n(C3CC(C)(C)NC(C)(C)C3)c2C)cc1. The van der Waals surface area contributed by atoms with Crippen LogP contribution in [0.2, 0.25) is 0 Å². The highest BCUT2D eigenvalue weighted by atomic mass is 32.2. The standard InChI is InChI=1S/C23H33N3O3S/c1-15-8-10-19(11-9-15)30(28,29)24-21(27)20-12-16(2)26(17(20)3)18-13-22(4,5)25-23(6,7)14-18/h8-12,18,25H,13-14H2,1-7H3,(H,24,27). The van der Waals surface area contributed by atoms with Gasteiger partial charge in [0.2, 0.25) is 0 Å². The van der Waals surface area contributed by atoms with Gasteiger partial charge in [0.05, 0.1) is 10.5 Å². The van der Waals surface area contributed by atoms with E-state index in [1.807, 2.05) is 20.8 Å². The highest BCUT2D eigenvalue weighted by Gasteiger charge is 2.39. The first kappa shape index (κ1) is 22.6. The molecule has 1 fully saturated rings. The molecule has 1 aromatic heterocycles. The molecule has 6 nitrogen and oxygen atoms in total. The Hall–Kier alpha value is -2.12. The minimum absolute atomic E-state index is 0.0350. The number of carbonyl (C=O) groups is 1. The van der Waals surface area contributed by atoms with Crippen molar-refractivity contribution in [1.82, 2.24) is 14.6 Å². The molecule has 2 heterocycles. The summed E-state index contributed by atoms with van der Waals surface area (Å²) in [7, 11) is -3.93. The molecule has 1 aliphatic rings. The van der Waals surface area contributed by atoms with Gasteiger partial charge in [-0.2, -0.15) is 0 Å². The third-order valence-corrected chi connectivity index (χ3v) is 7.17. The van der Waals surface area contributed by atoms with Crippen LogP contribution in [0.5, 0.6) is 0 Å². The number of aromatic nitrogens is 1. The van der Waals surface area contributed by atoms with Crippen molar-refractivity contribution >= 4 is 15.9 Å². The van der Waals surface area contributed by atoms with Crippen molar-refractivity contribution in [3.8, 4) is 0 Å². The Morgan fingerprint density at radius 2 is 1.57 bits per heavy atom. The molecule has 0 bridgehead atoms. The Balaban J connectivity index is 1.90. The maximum atomic E-state index is 12.9. The molecule has 30 heavy (non-hydrogen) atoms. The van der Waals surface area contributed by atoms with Gasteiger partial charge in [-0.1, -0.05) is 17.7 Å². The van der Waals surface area contributed by atoms with Crippen LogP contribution in [0.25, 0.3) is 0 Å². The summed E-state index contributed by atoms with van der Waals surface area (Å²) < 4.78 is 29.7. The van der Waals surface area contributed by atoms with Crippen LogP contribution < -0.4 is 10.0 Å². The van der Waals surface area contributed by atoms with Gasteiger partial charge in [-0.15, -0.1) is 0 Å². The topological polar surface area (TPSA) is 80.2 Å². The van der Waals surface area contributed by atoms with E-state index >= 15 is 0 Å². The summed E-state index contributed by atoms with van der Waals surface area (Å²) in [6.07, 6.45) is 1.85. The molecule has 2 N–H and O–H groups in total. The number of nitrogens with zero attached hydrogens (tertiary/aromatic N) is 1.